The van der Waals surface area contributed by atoms with E-state index in [1.54, 1.807) is 19.2 Å². The highest BCUT2D eigenvalue weighted by Crippen LogP contribution is 2.31. The predicted octanol–water partition coefficient (Wildman–Crippen LogP) is 4.87. The second-order valence-corrected chi connectivity index (χ2v) is 9.03. The van der Waals surface area contributed by atoms with Gasteiger partial charge in [-0.05, 0) is 53.3 Å². The number of ether oxygens (including phenoxy) is 1. The Hall–Kier alpha value is -3.48. The van der Waals surface area contributed by atoms with E-state index >= 15 is 4.39 Å². The van der Waals surface area contributed by atoms with E-state index in [1.807, 2.05) is 52.0 Å². The predicted molar refractivity (Wildman–Crippen MR) is 130 cm³/mol. The summed E-state index contributed by atoms with van der Waals surface area (Å²) in [6.45, 7) is 7.87. The fourth-order valence-corrected chi connectivity index (χ4v) is 4.01. The molecule has 0 spiro atoms. The fourth-order valence-electron chi connectivity index (χ4n) is 4.01. The molecule has 0 amide bonds. The molecule has 7 heteroatoms. The van der Waals surface area contributed by atoms with Crippen LogP contribution in [-0.2, 0) is 11.7 Å². The van der Waals surface area contributed by atoms with Crippen LogP contribution in [0.5, 0.6) is 5.88 Å². The lowest BCUT2D eigenvalue weighted by Gasteiger charge is -2.20. The summed E-state index contributed by atoms with van der Waals surface area (Å²) in [4.78, 5) is 17.8. The summed E-state index contributed by atoms with van der Waals surface area (Å²) in [6.07, 6.45) is 1.69. The number of aromatic nitrogens is 3. The molecule has 0 aliphatic heterocycles. The van der Waals surface area contributed by atoms with Crippen LogP contribution >= 0.6 is 0 Å². The molecular weight excluding hydrogens is 416 g/mol. The van der Waals surface area contributed by atoms with Gasteiger partial charge in [0.25, 0.3) is 5.56 Å². The van der Waals surface area contributed by atoms with Crippen LogP contribution in [0, 0.1) is 12.7 Å². The number of hydrogen-bond donors (Lipinski definition) is 0. The van der Waals surface area contributed by atoms with Crippen LogP contribution in [0.2, 0.25) is 0 Å². The van der Waals surface area contributed by atoms with Gasteiger partial charge in [0.2, 0.25) is 5.88 Å². The van der Waals surface area contributed by atoms with Crippen LogP contribution in [0.1, 0.15) is 37.6 Å². The average Bonchev–Trinajstić information content (AvgIpc) is 2.77. The van der Waals surface area contributed by atoms with Gasteiger partial charge >= 0.3 is 0 Å². The van der Waals surface area contributed by atoms with Crippen molar-refractivity contribution in [1.82, 2.24) is 14.8 Å². The van der Waals surface area contributed by atoms with Crippen LogP contribution in [-0.4, -0.2) is 29.7 Å². The molecule has 0 fully saturated rings. The lowest BCUT2D eigenvalue weighted by atomic mass is 9.86. The van der Waals surface area contributed by atoms with Crippen LogP contribution in [0.4, 0.5) is 4.39 Å². The third-order valence-electron chi connectivity index (χ3n) is 5.85. The first kappa shape index (κ1) is 22.7. The maximum absolute atomic E-state index is 15.1. The second-order valence-electron chi connectivity index (χ2n) is 9.03. The summed E-state index contributed by atoms with van der Waals surface area (Å²) < 4.78 is 21.5. The molecule has 2 radical (unpaired) electrons. The van der Waals surface area contributed by atoms with Gasteiger partial charge in [-0.15, -0.1) is 0 Å². The SMILES string of the molecule is [B]Cc1c(-c2ccc(OC)nc2C)cccc1-n1ncc2cc(C(C)(C)C)cc(F)c2c1=O. The molecule has 0 saturated heterocycles. The zero-order chi connectivity index (χ0) is 23.9. The van der Waals surface area contributed by atoms with E-state index in [0.29, 0.717) is 22.5 Å². The zero-order valence-electron chi connectivity index (χ0n) is 19.4. The molecule has 4 aromatic rings. The normalized spacial score (nSPS) is 11.7. The van der Waals surface area contributed by atoms with Gasteiger partial charge in [-0.2, -0.15) is 9.78 Å². The van der Waals surface area contributed by atoms with Crippen molar-refractivity contribution < 1.29 is 9.13 Å². The Balaban J connectivity index is 1.94. The molecule has 0 aliphatic rings. The molecule has 4 rings (SSSR count). The standard InChI is InChI=1S/C26H25BFN3O2/c1-15-18(9-10-23(30-15)33-5)19-7-6-8-22(20(19)13-27)31-25(32)24-16(14-29-31)11-17(12-21(24)28)26(2,3)4/h6-12,14H,13H2,1-5H3. The second kappa shape index (κ2) is 8.47. The molecule has 0 atom stereocenters. The van der Waals surface area contributed by atoms with Gasteiger partial charge in [0, 0.05) is 22.7 Å². The van der Waals surface area contributed by atoms with E-state index in [0.717, 1.165) is 22.4 Å². The van der Waals surface area contributed by atoms with Gasteiger partial charge in [-0.1, -0.05) is 39.2 Å². The number of halogens is 1. The van der Waals surface area contributed by atoms with Gasteiger partial charge in [-0.25, -0.2) is 9.37 Å². The van der Waals surface area contributed by atoms with E-state index in [9.17, 15) is 4.79 Å². The smallest absolute Gasteiger partial charge is 0.282 e. The Morgan fingerprint density at radius 1 is 1.12 bits per heavy atom. The van der Waals surface area contributed by atoms with Crippen molar-refractivity contribution in [1.29, 1.82) is 0 Å². The van der Waals surface area contributed by atoms with E-state index in [4.69, 9.17) is 12.6 Å². The topological polar surface area (TPSA) is 57.0 Å². The molecule has 5 nitrogen and oxygen atoms in total. The summed E-state index contributed by atoms with van der Waals surface area (Å²) in [7, 11) is 7.69. The first-order valence-electron chi connectivity index (χ1n) is 10.7. The number of rotatable bonds is 4. The number of methoxy groups -OCH3 is 1. The molecule has 0 N–H and O–H groups in total. The molecule has 0 unspecified atom stereocenters. The Morgan fingerprint density at radius 3 is 2.52 bits per heavy atom. The van der Waals surface area contributed by atoms with Crippen molar-refractivity contribution in [3.63, 3.8) is 0 Å². The third kappa shape index (κ3) is 4.04. The lowest BCUT2D eigenvalue weighted by Crippen LogP contribution is -2.24. The maximum atomic E-state index is 15.1. The van der Waals surface area contributed by atoms with Crippen LogP contribution < -0.4 is 10.3 Å². The Kier molecular flexibility index (Phi) is 5.83. The average molecular weight is 441 g/mol. The number of fused-ring (bicyclic) bond motifs is 1. The van der Waals surface area contributed by atoms with E-state index in [1.165, 1.54) is 16.9 Å². The van der Waals surface area contributed by atoms with Crippen molar-refractivity contribution in [3.8, 4) is 22.7 Å². The lowest BCUT2D eigenvalue weighted by molar-refractivity contribution is 0.397. The molecule has 166 valence electrons. The zero-order valence-corrected chi connectivity index (χ0v) is 19.4. The number of pyridine rings is 1. The van der Waals surface area contributed by atoms with Gasteiger partial charge < -0.3 is 4.74 Å². The summed E-state index contributed by atoms with van der Waals surface area (Å²) in [6, 6.07) is 12.4. The van der Waals surface area contributed by atoms with Crippen LogP contribution in [0.15, 0.2) is 53.5 Å². The molecule has 0 aliphatic carbocycles. The quantitative estimate of drug-likeness (QED) is 0.424. The van der Waals surface area contributed by atoms with E-state index < -0.39 is 11.4 Å². The minimum Gasteiger partial charge on any atom is -0.481 e. The minimum atomic E-state index is -0.556. The van der Waals surface area contributed by atoms with E-state index in [2.05, 4.69) is 10.1 Å². The van der Waals surface area contributed by atoms with Crippen LogP contribution in [0.3, 0.4) is 0 Å². The highest BCUT2D eigenvalue weighted by Gasteiger charge is 2.20. The van der Waals surface area contributed by atoms with Crippen molar-refractivity contribution in [3.05, 3.63) is 81.7 Å². The highest BCUT2D eigenvalue weighted by atomic mass is 19.1. The van der Waals surface area contributed by atoms with Crippen molar-refractivity contribution in [2.75, 3.05) is 7.11 Å². The molecule has 2 heterocycles. The monoisotopic (exact) mass is 441 g/mol. The maximum Gasteiger partial charge on any atom is 0.282 e. The van der Waals surface area contributed by atoms with E-state index in [-0.39, 0.29) is 17.1 Å². The molecule has 0 saturated carbocycles. The number of hydrogen-bond acceptors (Lipinski definition) is 4. The summed E-state index contributed by atoms with van der Waals surface area (Å²) >= 11 is 0. The Bertz CT molecular complexity index is 1420. The Morgan fingerprint density at radius 2 is 1.88 bits per heavy atom. The summed E-state index contributed by atoms with van der Waals surface area (Å²) in [5.74, 6) is -0.0431. The first-order valence-corrected chi connectivity index (χ1v) is 10.7. The molecule has 2 aromatic heterocycles. The largest absolute Gasteiger partial charge is 0.481 e. The Labute approximate surface area is 193 Å². The first-order chi connectivity index (χ1) is 15.7. The van der Waals surface area contributed by atoms with Gasteiger partial charge in [-0.3, -0.25) is 4.79 Å². The van der Waals surface area contributed by atoms with Crippen molar-refractivity contribution >= 4 is 18.6 Å². The molecular formula is C26H25BFN3O2. The minimum absolute atomic E-state index is 0.00803. The number of nitrogens with zero attached hydrogens (tertiary/aromatic N) is 3. The van der Waals surface area contributed by atoms with Gasteiger partial charge in [0.05, 0.1) is 32.2 Å². The van der Waals surface area contributed by atoms with Crippen molar-refractivity contribution in [2.45, 2.75) is 39.4 Å². The third-order valence-corrected chi connectivity index (χ3v) is 5.85. The van der Waals surface area contributed by atoms with Gasteiger partial charge in [0.1, 0.15) is 5.82 Å². The van der Waals surface area contributed by atoms with Crippen LogP contribution in [0.25, 0.3) is 27.6 Å². The highest BCUT2D eigenvalue weighted by molar-refractivity contribution is 6.09. The molecule has 0 bridgehead atoms. The number of benzene rings is 2. The number of aryl methyl sites for hydroxylation is 1. The summed E-state index contributed by atoms with van der Waals surface area (Å²) in [5, 5.41) is 4.86. The van der Waals surface area contributed by atoms with Crippen molar-refractivity contribution in [2.24, 2.45) is 0 Å². The summed E-state index contributed by atoms with van der Waals surface area (Å²) in [5.41, 5.74) is 3.72. The molecule has 33 heavy (non-hydrogen) atoms. The fraction of sp³-hybridized carbons (Fsp3) is 0.269. The molecule has 2 aromatic carbocycles. The van der Waals surface area contributed by atoms with Gasteiger partial charge in [0.15, 0.2) is 0 Å².